The van der Waals surface area contributed by atoms with Gasteiger partial charge in [0.2, 0.25) is 0 Å². The predicted molar refractivity (Wildman–Crippen MR) is 93.9 cm³/mol. The second-order valence-corrected chi connectivity index (χ2v) is 6.01. The van der Waals surface area contributed by atoms with E-state index in [9.17, 15) is 31.1 Å². The Morgan fingerprint density at radius 3 is 1.73 bits per heavy atom. The zero-order chi connectivity index (χ0) is 22.1. The van der Waals surface area contributed by atoms with Crippen molar-refractivity contribution in [1.82, 2.24) is 14.8 Å². The Kier molecular flexibility index (Phi) is 5.38. The minimum absolute atomic E-state index is 0.0103. The number of hydrogen-bond acceptors (Lipinski definition) is 3. The fourth-order valence-electron chi connectivity index (χ4n) is 2.50. The number of alkyl halides is 6. The van der Waals surface area contributed by atoms with Crippen LogP contribution in [0, 0.1) is 0 Å². The third-order valence-corrected chi connectivity index (χ3v) is 3.93. The van der Waals surface area contributed by atoms with Crippen molar-refractivity contribution < 1.29 is 36.2 Å². The van der Waals surface area contributed by atoms with E-state index < -0.39 is 29.4 Å². The average Bonchev–Trinajstić information content (AvgIpc) is 3.09. The second-order valence-electron chi connectivity index (χ2n) is 6.01. The smallest absolute Gasteiger partial charge is 0.416 e. The van der Waals surface area contributed by atoms with E-state index in [2.05, 4.69) is 10.1 Å². The van der Waals surface area contributed by atoms with Crippen molar-refractivity contribution in [3.8, 4) is 22.8 Å². The molecule has 1 heterocycles. The summed E-state index contributed by atoms with van der Waals surface area (Å²) in [6.45, 7) is 0. The molecule has 0 aliphatic rings. The Morgan fingerprint density at radius 1 is 0.833 bits per heavy atom. The largest absolute Gasteiger partial charge is 0.478 e. The monoisotopic (exact) mass is 427 g/mol. The maximum absolute atomic E-state index is 12.8. The van der Waals surface area contributed by atoms with Gasteiger partial charge in [-0.05, 0) is 24.3 Å². The molecule has 0 radical (unpaired) electrons. The number of carboxylic acids is 1. The summed E-state index contributed by atoms with van der Waals surface area (Å²) in [6, 6.07) is 7.87. The lowest BCUT2D eigenvalue weighted by atomic mass is 10.1. The molecule has 0 fully saturated rings. The van der Waals surface area contributed by atoms with Crippen LogP contribution in [0.4, 0.5) is 26.3 Å². The number of hydrogen-bond donors (Lipinski definition) is 1. The molecule has 1 aromatic heterocycles. The molecule has 11 heteroatoms. The van der Waals surface area contributed by atoms with E-state index in [0.29, 0.717) is 0 Å². The van der Waals surface area contributed by atoms with Crippen LogP contribution in [0.3, 0.4) is 0 Å². The van der Waals surface area contributed by atoms with E-state index >= 15 is 0 Å². The van der Waals surface area contributed by atoms with Crippen molar-refractivity contribution in [2.24, 2.45) is 0 Å². The van der Waals surface area contributed by atoms with Gasteiger partial charge < -0.3 is 5.11 Å². The molecule has 3 aromatic rings. The van der Waals surface area contributed by atoms with E-state index in [1.54, 1.807) is 0 Å². The lowest BCUT2D eigenvalue weighted by Gasteiger charge is -2.07. The molecule has 5 nitrogen and oxygen atoms in total. The molecular weight excluding hydrogens is 416 g/mol. The Labute approximate surface area is 164 Å². The van der Waals surface area contributed by atoms with Gasteiger partial charge in [-0.25, -0.2) is 14.5 Å². The molecule has 0 unspecified atom stereocenters. The lowest BCUT2D eigenvalue weighted by molar-refractivity contribution is -0.138. The van der Waals surface area contributed by atoms with Crippen LogP contribution < -0.4 is 0 Å². The van der Waals surface area contributed by atoms with Gasteiger partial charge in [-0.3, -0.25) is 0 Å². The van der Waals surface area contributed by atoms with Gasteiger partial charge in [-0.15, -0.1) is 5.10 Å². The molecule has 156 valence electrons. The fraction of sp³-hybridized carbons (Fsp3) is 0.105. The van der Waals surface area contributed by atoms with E-state index in [1.165, 1.54) is 0 Å². The Morgan fingerprint density at radius 2 is 1.30 bits per heavy atom. The third-order valence-electron chi connectivity index (χ3n) is 3.93. The van der Waals surface area contributed by atoms with Gasteiger partial charge in [0.1, 0.15) is 0 Å². The summed E-state index contributed by atoms with van der Waals surface area (Å²) >= 11 is 0. The van der Waals surface area contributed by atoms with Crippen LogP contribution in [0.1, 0.15) is 11.1 Å². The highest BCUT2D eigenvalue weighted by atomic mass is 19.4. The van der Waals surface area contributed by atoms with Gasteiger partial charge in [0.25, 0.3) is 0 Å². The molecule has 2 aromatic carbocycles. The molecule has 0 bridgehead atoms. The second kappa shape index (κ2) is 7.65. The molecule has 3 rings (SSSR count). The van der Waals surface area contributed by atoms with E-state index in [1.807, 2.05) is 0 Å². The SMILES string of the molecule is O=C(O)/C=C\n1nc(-c2ccc(C(F)(F)F)cc2)nc1-c1ccc(C(F)(F)F)cc1. The van der Waals surface area contributed by atoms with Gasteiger partial charge in [0, 0.05) is 23.4 Å². The van der Waals surface area contributed by atoms with Crippen molar-refractivity contribution >= 4 is 12.2 Å². The summed E-state index contributed by atoms with van der Waals surface area (Å²) in [5.74, 6) is -1.33. The molecule has 0 amide bonds. The molecule has 0 atom stereocenters. The van der Waals surface area contributed by atoms with Gasteiger partial charge in [-0.1, -0.05) is 24.3 Å². The first-order valence-corrected chi connectivity index (χ1v) is 8.18. The first-order valence-electron chi connectivity index (χ1n) is 8.18. The van der Waals surface area contributed by atoms with Crippen LogP contribution in [0.15, 0.2) is 54.6 Å². The molecule has 0 spiro atoms. The normalized spacial score (nSPS) is 12.5. The standard InChI is InChI=1S/C19H11F6N3O2/c20-18(21,22)13-5-1-11(2-6-13)16-26-17(28(27-16)10-9-15(29)30)12-3-7-14(8-4-12)19(23,24)25/h1-10H,(H,29,30)/b10-9-. The Bertz CT molecular complexity index is 1080. The van der Waals surface area contributed by atoms with E-state index in [4.69, 9.17) is 5.11 Å². The van der Waals surface area contributed by atoms with Gasteiger partial charge in [0.15, 0.2) is 11.6 Å². The summed E-state index contributed by atoms with van der Waals surface area (Å²) in [5.41, 5.74) is -1.36. The van der Waals surface area contributed by atoms with E-state index in [0.717, 1.165) is 65.5 Å². The highest BCUT2D eigenvalue weighted by Crippen LogP contribution is 2.32. The average molecular weight is 427 g/mol. The van der Waals surface area contributed by atoms with Crippen molar-refractivity contribution in [1.29, 1.82) is 0 Å². The molecule has 0 saturated carbocycles. The summed E-state index contributed by atoms with van der Waals surface area (Å²) < 4.78 is 77.5. The van der Waals surface area contributed by atoms with Crippen LogP contribution in [0.25, 0.3) is 29.0 Å². The van der Waals surface area contributed by atoms with Crippen LogP contribution >= 0.6 is 0 Å². The van der Waals surface area contributed by atoms with Crippen LogP contribution in [-0.2, 0) is 17.1 Å². The first-order chi connectivity index (χ1) is 13.9. The number of carbonyl (C=O) groups is 1. The number of rotatable bonds is 4. The predicted octanol–water partition coefficient (Wildman–Crippen LogP) is 5.21. The minimum Gasteiger partial charge on any atom is -0.478 e. The van der Waals surface area contributed by atoms with Crippen LogP contribution in [0.2, 0.25) is 0 Å². The van der Waals surface area contributed by atoms with Crippen molar-refractivity contribution in [3.63, 3.8) is 0 Å². The summed E-state index contributed by atoms with van der Waals surface area (Å²) in [4.78, 5) is 15.0. The number of halogens is 6. The number of aliphatic carboxylic acids is 1. The Hall–Kier alpha value is -3.63. The highest BCUT2D eigenvalue weighted by molar-refractivity contribution is 5.83. The number of aromatic nitrogens is 3. The topological polar surface area (TPSA) is 68.0 Å². The zero-order valence-corrected chi connectivity index (χ0v) is 14.7. The van der Waals surface area contributed by atoms with Gasteiger partial charge in [-0.2, -0.15) is 26.3 Å². The quantitative estimate of drug-likeness (QED) is 0.459. The van der Waals surface area contributed by atoms with Crippen molar-refractivity contribution in [2.45, 2.75) is 12.4 Å². The molecule has 30 heavy (non-hydrogen) atoms. The number of benzene rings is 2. The summed E-state index contributed by atoms with van der Waals surface area (Å²) in [6.07, 6.45) is -7.31. The van der Waals surface area contributed by atoms with Crippen molar-refractivity contribution in [2.75, 3.05) is 0 Å². The first kappa shape index (κ1) is 21.1. The molecule has 0 aliphatic heterocycles. The number of carboxylic acid groups (broad SMARTS) is 1. The van der Waals surface area contributed by atoms with Crippen molar-refractivity contribution in [3.05, 3.63) is 65.7 Å². The van der Waals surface area contributed by atoms with E-state index in [-0.39, 0.29) is 22.8 Å². The summed E-state index contributed by atoms with van der Waals surface area (Å²) in [7, 11) is 0. The van der Waals surface area contributed by atoms with Crippen LogP contribution in [-0.4, -0.2) is 25.8 Å². The molecular formula is C19H11F6N3O2. The maximum atomic E-state index is 12.8. The van der Waals surface area contributed by atoms with Gasteiger partial charge in [0.05, 0.1) is 11.1 Å². The number of nitrogens with zero attached hydrogens (tertiary/aromatic N) is 3. The molecule has 0 aliphatic carbocycles. The lowest BCUT2D eigenvalue weighted by Crippen LogP contribution is -2.04. The third kappa shape index (κ3) is 4.67. The molecule has 1 N–H and O–H groups in total. The van der Waals surface area contributed by atoms with Crippen LogP contribution in [0.5, 0.6) is 0 Å². The minimum atomic E-state index is -4.54. The summed E-state index contributed by atoms with van der Waals surface area (Å²) in [5, 5.41) is 12.9. The van der Waals surface area contributed by atoms with Gasteiger partial charge >= 0.3 is 18.3 Å². The fourth-order valence-corrected chi connectivity index (χ4v) is 2.50. The molecule has 0 saturated heterocycles. The highest BCUT2D eigenvalue weighted by Gasteiger charge is 2.31. The zero-order valence-electron chi connectivity index (χ0n) is 14.7. The Balaban J connectivity index is 2.04. The maximum Gasteiger partial charge on any atom is 0.416 e.